The smallest absolute Gasteiger partial charge is 0.276 e. The van der Waals surface area contributed by atoms with Crippen LogP contribution in [0.5, 0.6) is 0 Å². The van der Waals surface area contributed by atoms with Gasteiger partial charge in [0.25, 0.3) is 5.91 Å². The van der Waals surface area contributed by atoms with Gasteiger partial charge in [0.2, 0.25) is 0 Å². The standard InChI is InChI=1S/C14H15ClN4O2/c1-21-8-7-16-13-6-5-12(18-19-13)14(20)17-11-4-2-3-10(15)9-11/h2-6,9H,7-8H2,1H3,(H,16,19)(H,17,20). The minimum atomic E-state index is -0.340. The first-order valence-electron chi connectivity index (χ1n) is 6.32. The van der Waals surface area contributed by atoms with Crippen LogP contribution in [0.4, 0.5) is 11.5 Å². The minimum Gasteiger partial charge on any atom is -0.383 e. The van der Waals surface area contributed by atoms with Gasteiger partial charge in [0.1, 0.15) is 5.82 Å². The molecule has 1 aromatic heterocycles. The largest absolute Gasteiger partial charge is 0.383 e. The molecule has 1 aromatic carbocycles. The predicted octanol–water partition coefficient (Wildman–Crippen LogP) is 2.44. The van der Waals surface area contributed by atoms with Gasteiger partial charge in [0.15, 0.2) is 5.69 Å². The van der Waals surface area contributed by atoms with Crippen LogP contribution < -0.4 is 10.6 Å². The molecule has 7 heteroatoms. The maximum atomic E-state index is 12.0. The van der Waals surface area contributed by atoms with Crippen molar-refractivity contribution in [1.29, 1.82) is 0 Å². The number of hydrogen-bond acceptors (Lipinski definition) is 5. The third-order valence-electron chi connectivity index (χ3n) is 2.59. The fourth-order valence-electron chi connectivity index (χ4n) is 1.59. The van der Waals surface area contributed by atoms with E-state index in [4.69, 9.17) is 16.3 Å². The predicted molar refractivity (Wildman–Crippen MR) is 81.8 cm³/mol. The van der Waals surface area contributed by atoms with Crippen LogP contribution in [0.2, 0.25) is 5.02 Å². The Labute approximate surface area is 127 Å². The Morgan fingerprint density at radius 2 is 2.14 bits per heavy atom. The molecule has 0 atom stereocenters. The van der Waals surface area contributed by atoms with Gasteiger partial charge < -0.3 is 15.4 Å². The summed E-state index contributed by atoms with van der Waals surface area (Å²) in [7, 11) is 1.62. The first-order valence-corrected chi connectivity index (χ1v) is 6.70. The van der Waals surface area contributed by atoms with Crippen LogP contribution in [-0.2, 0) is 4.74 Å². The lowest BCUT2D eigenvalue weighted by Gasteiger charge is -2.06. The van der Waals surface area contributed by atoms with Crippen LogP contribution in [0.1, 0.15) is 10.5 Å². The lowest BCUT2D eigenvalue weighted by molar-refractivity contribution is 0.102. The molecule has 0 radical (unpaired) electrons. The molecule has 2 aromatic rings. The SMILES string of the molecule is COCCNc1ccc(C(=O)Nc2cccc(Cl)c2)nn1. The van der Waals surface area contributed by atoms with Gasteiger partial charge in [-0.3, -0.25) is 4.79 Å². The molecule has 0 unspecified atom stereocenters. The van der Waals surface area contributed by atoms with Crippen molar-refractivity contribution in [3.8, 4) is 0 Å². The number of aromatic nitrogens is 2. The van der Waals surface area contributed by atoms with Crippen LogP contribution in [0.15, 0.2) is 36.4 Å². The first kappa shape index (κ1) is 15.2. The summed E-state index contributed by atoms with van der Waals surface area (Å²) in [6.07, 6.45) is 0. The Balaban J connectivity index is 1.96. The summed E-state index contributed by atoms with van der Waals surface area (Å²) in [6, 6.07) is 10.2. The Morgan fingerprint density at radius 3 is 2.81 bits per heavy atom. The van der Waals surface area contributed by atoms with E-state index in [1.807, 2.05) is 0 Å². The third-order valence-corrected chi connectivity index (χ3v) is 2.83. The number of amides is 1. The van der Waals surface area contributed by atoms with E-state index in [-0.39, 0.29) is 11.6 Å². The second kappa shape index (κ2) is 7.56. The highest BCUT2D eigenvalue weighted by Gasteiger charge is 2.08. The molecule has 1 amide bonds. The average Bonchev–Trinajstić information content (AvgIpc) is 2.48. The Bertz CT molecular complexity index is 604. The summed E-state index contributed by atoms with van der Waals surface area (Å²) in [5.41, 5.74) is 0.837. The number of ether oxygens (including phenoxy) is 1. The number of rotatable bonds is 6. The fourth-order valence-corrected chi connectivity index (χ4v) is 1.78. The lowest BCUT2D eigenvalue weighted by Crippen LogP contribution is -2.15. The van der Waals surface area contributed by atoms with Crippen LogP contribution in [0.3, 0.4) is 0 Å². The first-order chi connectivity index (χ1) is 10.2. The maximum absolute atomic E-state index is 12.0. The van der Waals surface area contributed by atoms with Crippen molar-refractivity contribution in [3.05, 3.63) is 47.1 Å². The Hall–Kier alpha value is -2.18. The maximum Gasteiger partial charge on any atom is 0.276 e. The van der Waals surface area contributed by atoms with Gasteiger partial charge in [-0.15, -0.1) is 10.2 Å². The number of anilines is 2. The van der Waals surface area contributed by atoms with E-state index < -0.39 is 0 Å². The molecule has 2 rings (SSSR count). The number of halogens is 1. The van der Waals surface area contributed by atoms with Crippen molar-refractivity contribution in [2.24, 2.45) is 0 Å². The van der Waals surface area contributed by atoms with E-state index in [2.05, 4.69) is 20.8 Å². The zero-order chi connectivity index (χ0) is 15.1. The molecule has 0 aliphatic carbocycles. The van der Waals surface area contributed by atoms with Crippen molar-refractivity contribution < 1.29 is 9.53 Å². The summed E-state index contributed by atoms with van der Waals surface area (Å²) < 4.78 is 4.92. The zero-order valence-electron chi connectivity index (χ0n) is 11.5. The number of carbonyl (C=O) groups excluding carboxylic acids is 1. The van der Waals surface area contributed by atoms with Gasteiger partial charge in [-0.05, 0) is 30.3 Å². The molecule has 0 saturated carbocycles. The normalized spacial score (nSPS) is 10.2. The van der Waals surface area contributed by atoms with E-state index in [0.29, 0.717) is 29.7 Å². The van der Waals surface area contributed by atoms with Crippen molar-refractivity contribution in [2.45, 2.75) is 0 Å². The molecule has 6 nitrogen and oxygen atoms in total. The molecule has 0 saturated heterocycles. The number of carbonyl (C=O) groups is 1. The van der Waals surface area contributed by atoms with Crippen LogP contribution in [-0.4, -0.2) is 36.4 Å². The molecule has 0 spiro atoms. The second-order valence-corrected chi connectivity index (χ2v) is 4.62. The van der Waals surface area contributed by atoms with Gasteiger partial charge >= 0.3 is 0 Å². The topological polar surface area (TPSA) is 76.1 Å². The Kier molecular flexibility index (Phi) is 5.48. The van der Waals surface area contributed by atoms with Gasteiger partial charge in [-0.1, -0.05) is 17.7 Å². The number of nitrogens with zero attached hydrogens (tertiary/aromatic N) is 2. The fraction of sp³-hybridized carbons (Fsp3) is 0.214. The second-order valence-electron chi connectivity index (χ2n) is 4.19. The number of hydrogen-bond donors (Lipinski definition) is 2. The van der Waals surface area contributed by atoms with E-state index in [1.54, 1.807) is 43.5 Å². The van der Waals surface area contributed by atoms with Crippen LogP contribution in [0.25, 0.3) is 0 Å². The van der Waals surface area contributed by atoms with E-state index in [0.717, 1.165) is 0 Å². The van der Waals surface area contributed by atoms with Crippen molar-refractivity contribution in [3.63, 3.8) is 0 Å². The molecule has 110 valence electrons. The molecular weight excluding hydrogens is 292 g/mol. The highest BCUT2D eigenvalue weighted by atomic mass is 35.5. The van der Waals surface area contributed by atoms with Gasteiger partial charge in [-0.25, -0.2) is 0 Å². The van der Waals surface area contributed by atoms with E-state index in [9.17, 15) is 4.79 Å². The van der Waals surface area contributed by atoms with Gasteiger partial charge in [0.05, 0.1) is 6.61 Å². The summed E-state index contributed by atoms with van der Waals surface area (Å²) in [5, 5.41) is 14.1. The van der Waals surface area contributed by atoms with Crippen LogP contribution >= 0.6 is 11.6 Å². The molecular formula is C14H15ClN4O2. The summed E-state index contributed by atoms with van der Waals surface area (Å²) in [5.74, 6) is 0.250. The molecule has 2 N–H and O–H groups in total. The van der Waals surface area contributed by atoms with E-state index in [1.165, 1.54) is 0 Å². The molecule has 0 bridgehead atoms. The van der Waals surface area contributed by atoms with E-state index >= 15 is 0 Å². The molecule has 0 aliphatic rings. The van der Waals surface area contributed by atoms with Gasteiger partial charge in [-0.2, -0.15) is 0 Å². The van der Waals surface area contributed by atoms with Crippen molar-refractivity contribution in [2.75, 3.05) is 30.9 Å². The van der Waals surface area contributed by atoms with Gasteiger partial charge in [0, 0.05) is 24.4 Å². The molecule has 1 heterocycles. The monoisotopic (exact) mass is 306 g/mol. The minimum absolute atomic E-state index is 0.229. The zero-order valence-corrected chi connectivity index (χ0v) is 12.2. The summed E-state index contributed by atoms with van der Waals surface area (Å²) in [6.45, 7) is 1.19. The average molecular weight is 307 g/mol. The number of nitrogens with one attached hydrogen (secondary N) is 2. The highest BCUT2D eigenvalue weighted by Crippen LogP contribution is 2.15. The quantitative estimate of drug-likeness (QED) is 0.802. The summed E-state index contributed by atoms with van der Waals surface area (Å²) >= 11 is 5.86. The lowest BCUT2D eigenvalue weighted by atomic mass is 10.3. The summed E-state index contributed by atoms with van der Waals surface area (Å²) in [4.78, 5) is 12.0. The molecule has 0 fully saturated rings. The Morgan fingerprint density at radius 1 is 1.29 bits per heavy atom. The third kappa shape index (κ3) is 4.70. The molecule has 0 aliphatic heterocycles. The van der Waals surface area contributed by atoms with Crippen molar-refractivity contribution in [1.82, 2.24) is 10.2 Å². The van der Waals surface area contributed by atoms with Crippen molar-refractivity contribution >= 4 is 29.0 Å². The highest BCUT2D eigenvalue weighted by molar-refractivity contribution is 6.30. The molecule has 21 heavy (non-hydrogen) atoms. The number of methoxy groups -OCH3 is 1. The van der Waals surface area contributed by atoms with Crippen LogP contribution in [0, 0.1) is 0 Å². The number of benzene rings is 1.